The van der Waals surface area contributed by atoms with Gasteiger partial charge in [0.15, 0.2) is 0 Å². The van der Waals surface area contributed by atoms with E-state index in [0.717, 1.165) is 5.56 Å². The molecule has 4 heteroatoms. The second kappa shape index (κ2) is 4.65. The van der Waals surface area contributed by atoms with Crippen molar-refractivity contribution in [2.75, 3.05) is 11.1 Å². The van der Waals surface area contributed by atoms with Gasteiger partial charge in [-0.05, 0) is 24.6 Å². The molecule has 0 atom stereocenters. The first-order valence-corrected chi connectivity index (χ1v) is 5.25. The predicted molar refractivity (Wildman–Crippen MR) is 67.8 cm³/mol. The van der Waals surface area contributed by atoms with E-state index in [2.05, 4.69) is 10.3 Å². The van der Waals surface area contributed by atoms with Crippen LogP contribution in [0.25, 0.3) is 0 Å². The molecule has 1 amide bonds. The van der Waals surface area contributed by atoms with Crippen LogP contribution in [-0.4, -0.2) is 10.9 Å². The Kier molecular flexibility index (Phi) is 3.05. The maximum absolute atomic E-state index is 12.0. The van der Waals surface area contributed by atoms with Crippen LogP contribution in [-0.2, 0) is 0 Å². The molecule has 3 N–H and O–H groups in total. The Balaban J connectivity index is 2.24. The SMILES string of the molecule is Cc1ccccc1C(=O)Nc1ccncc1N. The van der Waals surface area contributed by atoms with Crippen molar-refractivity contribution in [2.45, 2.75) is 6.92 Å². The van der Waals surface area contributed by atoms with Crippen molar-refractivity contribution in [2.24, 2.45) is 0 Å². The first-order chi connectivity index (χ1) is 8.18. The minimum atomic E-state index is -0.166. The lowest BCUT2D eigenvalue weighted by molar-refractivity contribution is 0.102. The topological polar surface area (TPSA) is 68.0 Å². The molecule has 0 saturated heterocycles. The molecule has 4 nitrogen and oxygen atoms in total. The molecule has 0 aliphatic heterocycles. The van der Waals surface area contributed by atoms with E-state index in [9.17, 15) is 4.79 Å². The smallest absolute Gasteiger partial charge is 0.255 e. The minimum Gasteiger partial charge on any atom is -0.396 e. The highest BCUT2D eigenvalue weighted by atomic mass is 16.1. The number of carbonyl (C=O) groups excluding carboxylic acids is 1. The summed E-state index contributed by atoms with van der Waals surface area (Å²) in [6.07, 6.45) is 3.09. The van der Waals surface area contributed by atoms with Crippen molar-refractivity contribution in [3.8, 4) is 0 Å². The van der Waals surface area contributed by atoms with E-state index >= 15 is 0 Å². The fourth-order valence-corrected chi connectivity index (χ4v) is 1.54. The van der Waals surface area contributed by atoms with Crippen LogP contribution >= 0.6 is 0 Å². The summed E-state index contributed by atoms with van der Waals surface area (Å²) in [6.45, 7) is 1.89. The molecular weight excluding hydrogens is 214 g/mol. The lowest BCUT2D eigenvalue weighted by Crippen LogP contribution is -2.14. The maximum atomic E-state index is 12.0. The molecule has 0 spiro atoms. The molecular formula is C13H13N3O. The van der Waals surface area contributed by atoms with Crippen molar-refractivity contribution in [1.29, 1.82) is 0 Å². The number of nitrogen functional groups attached to an aromatic ring is 1. The molecule has 1 heterocycles. The zero-order valence-corrected chi connectivity index (χ0v) is 9.47. The number of aryl methyl sites for hydroxylation is 1. The highest BCUT2D eigenvalue weighted by molar-refractivity contribution is 6.06. The Labute approximate surface area is 99.5 Å². The summed E-state index contributed by atoms with van der Waals surface area (Å²) in [5.41, 5.74) is 8.31. The van der Waals surface area contributed by atoms with Crippen molar-refractivity contribution in [3.63, 3.8) is 0 Å². The molecule has 0 unspecified atom stereocenters. The number of nitrogens with zero attached hydrogens (tertiary/aromatic N) is 1. The first kappa shape index (κ1) is 11.1. The number of nitrogens with two attached hydrogens (primary N) is 1. The van der Waals surface area contributed by atoms with Gasteiger partial charge in [0, 0.05) is 11.8 Å². The normalized spacial score (nSPS) is 9.94. The van der Waals surface area contributed by atoms with E-state index in [1.807, 2.05) is 25.1 Å². The van der Waals surface area contributed by atoms with Gasteiger partial charge in [0.05, 0.1) is 17.6 Å². The van der Waals surface area contributed by atoms with Gasteiger partial charge in [0.1, 0.15) is 0 Å². The fourth-order valence-electron chi connectivity index (χ4n) is 1.54. The standard InChI is InChI=1S/C13H13N3O/c1-9-4-2-3-5-10(9)13(17)16-12-6-7-15-8-11(12)14/h2-8H,14H2,1H3,(H,15,16,17). The van der Waals surface area contributed by atoms with Gasteiger partial charge in [0.2, 0.25) is 0 Å². The molecule has 0 aliphatic carbocycles. The maximum Gasteiger partial charge on any atom is 0.255 e. The minimum absolute atomic E-state index is 0.166. The lowest BCUT2D eigenvalue weighted by Gasteiger charge is -2.08. The number of carbonyl (C=O) groups is 1. The monoisotopic (exact) mass is 227 g/mol. The number of hydrogen-bond donors (Lipinski definition) is 2. The molecule has 17 heavy (non-hydrogen) atoms. The predicted octanol–water partition coefficient (Wildman–Crippen LogP) is 2.22. The van der Waals surface area contributed by atoms with Crippen LogP contribution < -0.4 is 11.1 Å². The van der Waals surface area contributed by atoms with Crippen LogP contribution in [0.1, 0.15) is 15.9 Å². The Hall–Kier alpha value is -2.36. The molecule has 1 aromatic heterocycles. The van der Waals surface area contributed by atoms with Crippen molar-refractivity contribution in [1.82, 2.24) is 4.98 Å². The van der Waals surface area contributed by atoms with Crippen molar-refractivity contribution in [3.05, 3.63) is 53.9 Å². The van der Waals surface area contributed by atoms with Gasteiger partial charge in [-0.1, -0.05) is 18.2 Å². The lowest BCUT2D eigenvalue weighted by atomic mass is 10.1. The molecule has 0 fully saturated rings. The van der Waals surface area contributed by atoms with E-state index in [-0.39, 0.29) is 5.91 Å². The summed E-state index contributed by atoms with van der Waals surface area (Å²) >= 11 is 0. The summed E-state index contributed by atoms with van der Waals surface area (Å²) in [5.74, 6) is -0.166. The van der Waals surface area contributed by atoms with Gasteiger partial charge >= 0.3 is 0 Å². The molecule has 2 aromatic rings. The second-order valence-electron chi connectivity index (χ2n) is 3.73. The van der Waals surface area contributed by atoms with Crippen LogP contribution in [0.2, 0.25) is 0 Å². The van der Waals surface area contributed by atoms with Crippen LogP contribution in [0.3, 0.4) is 0 Å². The van der Waals surface area contributed by atoms with Gasteiger partial charge in [0.25, 0.3) is 5.91 Å². The third-order valence-corrected chi connectivity index (χ3v) is 2.49. The number of aromatic nitrogens is 1. The third-order valence-electron chi connectivity index (χ3n) is 2.49. The summed E-state index contributed by atoms with van der Waals surface area (Å²) in [7, 11) is 0. The third kappa shape index (κ3) is 2.42. The van der Waals surface area contributed by atoms with Crippen LogP contribution in [0, 0.1) is 6.92 Å². The summed E-state index contributed by atoms with van der Waals surface area (Å²) in [6, 6.07) is 9.07. The van der Waals surface area contributed by atoms with E-state index in [4.69, 9.17) is 5.73 Å². The Morgan fingerprint density at radius 1 is 1.29 bits per heavy atom. The number of nitrogens with one attached hydrogen (secondary N) is 1. The largest absolute Gasteiger partial charge is 0.396 e. The van der Waals surface area contributed by atoms with Crippen LogP contribution in [0.5, 0.6) is 0 Å². The van der Waals surface area contributed by atoms with E-state index in [1.54, 1.807) is 18.3 Å². The Bertz CT molecular complexity index is 552. The van der Waals surface area contributed by atoms with E-state index in [0.29, 0.717) is 16.9 Å². The van der Waals surface area contributed by atoms with E-state index in [1.165, 1.54) is 6.20 Å². The van der Waals surface area contributed by atoms with Crippen LogP contribution in [0.4, 0.5) is 11.4 Å². The molecule has 0 bridgehead atoms. The highest BCUT2D eigenvalue weighted by Gasteiger charge is 2.09. The van der Waals surface area contributed by atoms with Crippen LogP contribution in [0.15, 0.2) is 42.7 Å². The molecule has 0 aliphatic rings. The van der Waals surface area contributed by atoms with Crippen molar-refractivity contribution >= 4 is 17.3 Å². The summed E-state index contributed by atoms with van der Waals surface area (Å²) in [5, 5.41) is 2.76. The van der Waals surface area contributed by atoms with Gasteiger partial charge in [-0.2, -0.15) is 0 Å². The molecule has 86 valence electrons. The zero-order chi connectivity index (χ0) is 12.3. The quantitative estimate of drug-likeness (QED) is 0.826. The van der Waals surface area contributed by atoms with Gasteiger partial charge in [-0.3, -0.25) is 9.78 Å². The average Bonchev–Trinajstić information content (AvgIpc) is 2.32. The van der Waals surface area contributed by atoms with Crippen molar-refractivity contribution < 1.29 is 4.79 Å². The number of pyridine rings is 1. The molecule has 0 radical (unpaired) electrons. The van der Waals surface area contributed by atoms with Gasteiger partial charge in [-0.25, -0.2) is 0 Å². The summed E-state index contributed by atoms with van der Waals surface area (Å²) in [4.78, 5) is 15.9. The van der Waals surface area contributed by atoms with Gasteiger partial charge < -0.3 is 11.1 Å². The first-order valence-electron chi connectivity index (χ1n) is 5.25. The number of benzene rings is 1. The summed E-state index contributed by atoms with van der Waals surface area (Å²) < 4.78 is 0. The Morgan fingerprint density at radius 3 is 2.76 bits per heavy atom. The number of hydrogen-bond acceptors (Lipinski definition) is 3. The average molecular weight is 227 g/mol. The number of rotatable bonds is 2. The molecule has 1 aromatic carbocycles. The Morgan fingerprint density at radius 2 is 2.06 bits per heavy atom. The van der Waals surface area contributed by atoms with Gasteiger partial charge in [-0.15, -0.1) is 0 Å². The zero-order valence-electron chi connectivity index (χ0n) is 9.47. The highest BCUT2D eigenvalue weighted by Crippen LogP contribution is 2.17. The van der Waals surface area contributed by atoms with E-state index < -0.39 is 0 Å². The molecule has 0 saturated carbocycles. The fraction of sp³-hybridized carbons (Fsp3) is 0.0769. The number of anilines is 2. The molecule has 2 rings (SSSR count). The number of amides is 1. The second-order valence-corrected chi connectivity index (χ2v) is 3.73.